The molecule has 2 atom stereocenters. The summed E-state index contributed by atoms with van der Waals surface area (Å²) in [6, 6.07) is 4.74. The fraction of sp³-hybridized carbons (Fsp3) is 0.714. The fourth-order valence-electron chi connectivity index (χ4n) is 3.40. The first-order chi connectivity index (χ1) is 8.74. The zero-order valence-corrected chi connectivity index (χ0v) is 12.3. The van der Waals surface area contributed by atoms with Gasteiger partial charge in [-0.1, -0.05) is 18.0 Å². The maximum Gasteiger partial charge on any atom is 0.0931 e. The van der Waals surface area contributed by atoms with Gasteiger partial charge in [0.05, 0.1) is 10.4 Å². The highest BCUT2D eigenvalue weighted by molar-refractivity contribution is 7.16. The quantitative estimate of drug-likeness (QED) is 0.887. The Labute approximate surface area is 118 Å². The van der Waals surface area contributed by atoms with Gasteiger partial charge in [-0.3, -0.25) is 0 Å². The molecule has 0 bridgehead atoms. The first kappa shape index (κ1) is 12.9. The highest BCUT2D eigenvalue weighted by Crippen LogP contribution is 2.57. The Balaban J connectivity index is 1.55. The molecule has 4 heteroatoms. The average molecular weight is 286 g/mol. The number of hydrogen-bond donors (Lipinski definition) is 1. The van der Waals surface area contributed by atoms with Gasteiger partial charge in [-0.2, -0.15) is 0 Å². The van der Waals surface area contributed by atoms with Crippen molar-refractivity contribution in [2.45, 2.75) is 51.3 Å². The van der Waals surface area contributed by atoms with Crippen molar-refractivity contribution in [1.29, 1.82) is 0 Å². The number of thiophene rings is 1. The minimum absolute atomic E-state index is 0.455. The Morgan fingerprint density at radius 2 is 2.33 bits per heavy atom. The van der Waals surface area contributed by atoms with Gasteiger partial charge in [0, 0.05) is 29.5 Å². The molecule has 2 aliphatic carbocycles. The molecule has 2 unspecified atom stereocenters. The molecule has 0 aliphatic heterocycles. The smallest absolute Gasteiger partial charge is 0.0931 e. The molecular weight excluding hydrogens is 266 g/mol. The van der Waals surface area contributed by atoms with Gasteiger partial charge in [0.2, 0.25) is 0 Å². The average Bonchev–Trinajstić information content (AvgIpc) is 2.66. The summed E-state index contributed by atoms with van der Waals surface area (Å²) in [6.45, 7) is 3.89. The highest BCUT2D eigenvalue weighted by atomic mass is 35.5. The maximum atomic E-state index is 5.95. The first-order valence-corrected chi connectivity index (χ1v) is 8.03. The lowest BCUT2D eigenvalue weighted by atomic mass is 9.51. The van der Waals surface area contributed by atoms with E-state index in [1.165, 1.54) is 30.6 Å². The summed E-state index contributed by atoms with van der Waals surface area (Å²) in [4.78, 5) is 1.33. The van der Waals surface area contributed by atoms with Crippen LogP contribution < -0.4 is 5.32 Å². The Kier molecular flexibility index (Phi) is 3.68. The van der Waals surface area contributed by atoms with Crippen LogP contribution in [-0.2, 0) is 11.3 Å². The van der Waals surface area contributed by atoms with Crippen LogP contribution >= 0.6 is 22.9 Å². The van der Waals surface area contributed by atoms with Crippen molar-refractivity contribution in [2.24, 2.45) is 5.41 Å². The molecule has 18 heavy (non-hydrogen) atoms. The topological polar surface area (TPSA) is 21.3 Å². The van der Waals surface area contributed by atoms with Crippen LogP contribution in [0.4, 0.5) is 0 Å². The van der Waals surface area contributed by atoms with E-state index in [2.05, 4.69) is 18.3 Å². The maximum absolute atomic E-state index is 5.95. The van der Waals surface area contributed by atoms with E-state index in [-0.39, 0.29) is 0 Å². The van der Waals surface area contributed by atoms with Crippen LogP contribution in [0.1, 0.15) is 37.5 Å². The molecule has 0 amide bonds. The summed E-state index contributed by atoms with van der Waals surface area (Å²) >= 11 is 7.63. The SMILES string of the molecule is CCOC1CC(NCc2ccc(Cl)s2)C12CCC2. The second-order valence-electron chi connectivity index (χ2n) is 5.41. The summed E-state index contributed by atoms with van der Waals surface area (Å²) in [6.07, 6.45) is 5.71. The molecule has 0 saturated heterocycles. The van der Waals surface area contributed by atoms with Gasteiger partial charge in [-0.15, -0.1) is 11.3 Å². The number of ether oxygens (including phenoxy) is 1. The van der Waals surface area contributed by atoms with E-state index in [0.29, 0.717) is 17.6 Å². The molecular formula is C14H20ClNOS. The highest BCUT2D eigenvalue weighted by Gasteiger charge is 2.58. The second-order valence-corrected chi connectivity index (χ2v) is 7.21. The molecule has 2 saturated carbocycles. The normalized spacial score (nSPS) is 29.0. The lowest BCUT2D eigenvalue weighted by molar-refractivity contribution is -0.173. The minimum Gasteiger partial charge on any atom is -0.378 e. The van der Waals surface area contributed by atoms with Crippen LogP contribution in [0.5, 0.6) is 0 Å². The first-order valence-electron chi connectivity index (χ1n) is 6.84. The third kappa shape index (κ3) is 2.11. The number of halogens is 1. The molecule has 2 nitrogen and oxygen atoms in total. The van der Waals surface area contributed by atoms with E-state index in [1.54, 1.807) is 11.3 Å². The molecule has 2 fully saturated rings. The Morgan fingerprint density at radius 3 is 2.89 bits per heavy atom. The largest absolute Gasteiger partial charge is 0.378 e. The van der Waals surface area contributed by atoms with E-state index < -0.39 is 0 Å². The van der Waals surface area contributed by atoms with Crippen molar-refractivity contribution in [3.05, 3.63) is 21.3 Å². The number of hydrogen-bond acceptors (Lipinski definition) is 3. The molecule has 100 valence electrons. The summed E-state index contributed by atoms with van der Waals surface area (Å²) in [7, 11) is 0. The zero-order chi connectivity index (χ0) is 12.6. The fourth-order valence-corrected chi connectivity index (χ4v) is 4.43. The van der Waals surface area contributed by atoms with Crippen molar-refractivity contribution in [1.82, 2.24) is 5.32 Å². The lowest BCUT2D eigenvalue weighted by Gasteiger charge is -2.61. The van der Waals surface area contributed by atoms with Crippen molar-refractivity contribution in [2.75, 3.05) is 6.61 Å². The van der Waals surface area contributed by atoms with Crippen LogP contribution in [0.2, 0.25) is 4.34 Å². The standard InChI is InChI=1S/C14H20ClNOS/c1-2-17-12-8-11(14(12)6-3-7-14)16-9-10-4-5-13(15)18-10/h4-5,11-12,16H,2-3,6-9H2,1H3. The lowest BCUT2D eigenvalue weighted by Crippen LogP contribution is -2.66. The number of rotatable bonds is 5. The van der Waals surface area contributed by atoms with Crippen molar-refractivity contribution < 1.29 is 4.74 Å². The van der Waals surface area contributed by atoms with Crippen LogP contribution in [0.25, 0.3) is 0 Å². The summed E-state index contributed by atoms with van der Waals surface area (Å²) < 4.78 is 6.74. The van der Waals surface area contributed by atoms with Gasteiger partial charge in [0.25, 0.3) is 0 Å². The van der Waals surface area contributed by atoms with E-state index in [4.69, 9.17) is 16.3 Å². The molecule has 0 aromatic carbocycles. The predicted octanol–water partition coefficient (Wildman–Crippen LogP) is 3.84. The van der Waals surface area contributed by atoms with Crippen molar-refractivity contribution in [3.8, 4) is 0 Å². The molecule has 1 aromatic heterocycles. The van der Waals surface area contributed by atoms with Gasteiger partial charge >= 0.3 is 0 Å². The van der Waals surface area contributed by atoms with E-state index >= 15 is 0 Å². The molecule has 3 rings (SSSR count). The summed E-state index contributed by atoms with van der Waals surface area (Å²) in [5, 5.41) is 3.70. The van der Waals surface area contributed by atoms with Gasteiger partial charge in [0.15, 0.2) is 0 Å². The third-order valence-corrected chi connectivity index (χ3v) is 5.82. The zero-order valence-electron chi connectivity index (χ0n) is 10.7. The van der Waals surface area contributed by atoms with Crippen LogP contribution in [0.15, 0.2) is 12.1 Å². The molecule has 2 aliphatic rings. The van der Waals surface area contributed by atoms with Crippen molar-refractivity contribution in [3.63, 3.8) is 0 Å². The van der Waals surface area contributed by atoms with Crippen molar-refractivity contribution >= 4 is 22.9 Å². The molecule has 1 N–H and O–H groups in total. The van der Waals surface area contributed by atoms with Gasteiger partial charge in [-0.25, -0.2) is 0 Å². The molecule has 0 radical (unpaired) electrons. The Hall–Kier alpha value is -0.0900. The van der Waals surface area contributed by atoms with E-state index in [9.17, 15) is 0 Å². The predicted molar refractivity (Wildman–Crippen MR) is 76.3 cm³/mol. The Morgan fingerprint density at radius 1 is 1.50 bits per heavy atom. The third-order valence-electron chi connectivity index (χ3n) is 4.59. The van der Waals surface area contributed by atoms with Gasteiger partial charge < -0.3 is 10.1 Å². The van der Waals surface area contributed by atoms with Crippen LogP contribution in [0, 0.1) is 5.41 Å². The van der Waals surface area contributed by atoms with E-state index in [1.807, 2.05) is 6.07 Å². The van der Waals surface area contributed by atoms with Crippen LogP contribution in [-0.4, -0.2) is 18.8 Å². The van der Waals surface area contributed by atoms with Gasteiger partial charge in [-0.05, 0) is 38.3 Å². The molecule has 1 spiro atoms. The molecule has 1 heterocycles. The van der Waals surface area contributed by atoms with Crippen LogP contribution in [0.3, 0.4) is 0 Å². The Bertz CT molecular complexity index is 416. The monoisotopic (exact) mass is 285 g/mol. The molecule has 1 aromatic rings. The summed E-state index contributed by atoms with van der Waals surface area (Å²) in [5.74, 6) is 0. The van der Waals surface area contributed by atoms with E-state index in [0.717, 1.165) is 17.5 Å². The minimum atomic E-state index is 0.455. The van der Waals surface area contributed by atoms with Gasteiger partial charge in [0.1, 0.15) is 0 Å². The second kappa shape index (κ2) is 5.12. The summed E-state index contributed by atoms with van der Waals surface area (Å²) in [5.41, 5.74) is 0.455. The number of nitrogens with one attached hydrogen (secondary N) is 1.